The number of halogens is 3. The Balaban J connectivity index is 2.43. The summed E-state index contributed by atoms with van der Waals surface area (Å²) in [4.78, 5) is 11.4. The van der Waals surface area contributed by atoms with E-state index in [4.69, 9.17) is 10.5 Å². The van der Waals surface area contributed by atoms with Gasteiger partial charge in [-0.1, -0.05) is 15.9 Å². The van der Waals surface area contributed by atoms with Gasteiger partial charge in [-0.15, -0.1) is 0 Å². The first-order valence-electron chi connectivity index (χ1n) is 5.19. The summed E-state index contributed by atoms with van der Waals surface area (Å²) >= 11 is 6.49. The van der Waals surface area contributed by atoms with E-state index in [1.54, 1.807) is 18.2 Å². The number of rotatable bonds is 3. The lowest BCUT2D eigenvalue weighted by molar-refractivity contribution is 0.0998. The first-order chi connectivity index (χ1) is 8.97. The molecule has 0 atom stereocenters. The molecule has 98 valence electrons. The maximum Gasteiger partial charge on any atom is 0.252 e. The summed E-state index contributed by atoms with van der Waals surface area (Å²) < 4.78 is 20.0. The standard InChI is InChI=1S/C13H8Br2FNO2/c14-7-1-4-11(9(5-7)13(17)18)19-12-6-8(16)2-3-10(12)15/h1-6H,(H2,17,18). The first-order valence-corrected chi connectivity index (χ1v) is 6.78. The average Bonchev–Trinajstić information content (AvgIpc) is 2.35. The van der Waals surface area contributed by atoms with Gasteiger partial charge in [-0.25, -0.2) is 4.39 Å². The van der Waals surface area contributed by atoms with E-state index in [9.17, 15) is 9.18 Å². The van der Waals surface area contributed by atoms with Crippen molar-refractivity contribution >= 4 is 37.8 Å². The zero-order chi connectivity index (χ0) is 14.0. The van der Waals surface area contributed by atoms with Gasteiger partial charge in [0.2, 0.25) is 0 Å². The van der Waals surface area contributed by atoms with Crippen LogP contribution in [-0.4, -0.2) is 5.91 Å². The van der Waals surface area contributed by atoms with Crippen LogP contribution in [0.4, 0.5) is 4.39 Å². The quantitative estimate of drug-likeness (QED) is 0.854. The lowest BCUT2D eigenvalue weighted by atomic mass is 10.2. The van der Waals surface area contributed by atoms with Gasteiger partial charge >= 0.3 is 0 Å². The minimum Gasteiger partial charge on any atom is -0.455 e. The third-order valence-corrected chi connectivity index (χ3v) is 3.47. The summed E-state index contributed by atoms with van der Waals surface area (Å²) in [6.45, 7) is 0. The molecule has 0 saturated carbocycles. The lowest BCUT2D eigenvalue weighted by Gasteiger charge is -2.11. The Kier molecular flexibility index (Phi) is 4.21. The topological polar surface area (TPSA) is 52.3 Å². The minimum absolute atomic E-state index is 0.213. The third-order valence-electron chi connectivity index (χ3n) is 2.32. The highest BCUT2D eigenvalue weighted by Crippen LogP contribution is 2.33. The van der Waals surface area contributed by atoms with Gasteiger partial charge in [-0.3, -0.25) is 4.79 Å². The SMILES string of the molecule is NC(=O)c1cc(Br)ccc1Oc1cc(F)ccc1Br. The number of nitrogens with two attached hydrogens (primary N) is 1. The fraction of sp³-hybridized carbons (Fsp3) is 0. The molecular weight excluding hydrogens is 381 g/mol. The fourth-order valence-electron chi connectivity index (χ4n) is 1.46. The number of ether oxygens (including phenoxy) is 1. The predicted molar refractivity (Wildman–Crippen MR) is 76.8 cm³/mol. The molecule has 0 fully saturated rings. The number of hydrogen-bond acceptors (Lipinski definition) is 2. The second kappa shape index (κ2) is 5.71. The van der Waals surface area contributed by atoms with Gasteiger partial charge in [-0.05, 0) is 46.3 Å². The summed E-state index contributed by atoms with van der Waals surface area (Å²) in [7, 11) is 0. The molecule has 2 aromatic rings. The van der Waals surface area contributed by atoms with Crippen LogP contribution in [0.15, 0.2) is 45.3 Å². The normalized spacial score (nSPS) is 10.3. The molecule has 3 nitrogen and oxygen atoms in total. The van der Waals surface area contributed by atoms with E-state index >= 15 is 0 Å². The highest BCUT2D eigenvalue weighted by Gasteiger charge is 2.12. The van der Waals surface area contributed by atoms with Crippen LogP contribution in [0.5, 0.6) is 11.5 Å². The van der Waals surface area contributed by atoms with E-state index in [1.807, 2.05) is 0 Å². The molecule has 19 heavy (non-hydrogen) atoms. The molecule has 0 heterocycles. The molecule has 2 aromatic carbocycles. The van der Waals surface area contributed by atoms with Crippen molar-refractivity contribution in [1.82, 2.24) is 0 Å². The molecule has 1 amide bonds. The zero-order valence-electron chi connectivity index (χ0n) is 9.49. The van der Waals surface area contributed by atoms with Gasteiger partial charge in [0.05, 0.1) is 10.0 Å². The van der Waals surface area contributed by atoms with Crippen LogP contribution in [-0.2, 0) is 0 Å². The Morgan fingerprint density at radius 1 is 1.11 bits per heavy atom. The molecule has 0 radical (unpaired) electrons. The molecule has 0 aliphatic rings. The summed E-state index contributed by atoms with van der Waals surface area (Å²) in [5.74, 6) is -0.522. The van der Waals surface area contributed by atoms with Crippen LogP contribution in [0, 0.1) is 5.82 Å². The average molecular weight is 389 g/mol. The van der Waals surface area contributed by atoms with Crippen molar-refractivity contribution in [3.8, 4) is 11.5 Å². The summed E-state index contributed by atoms with van der Waals surface area (Å²) in [6.07, 6.45) is 0. The predicted octanol–water partition coefficient (Wildman–Crippen LogP) is 4.24. The number of hydrogen-bond donors (Lipinski definition) is 1. The van der Waals surface area contributed by atoms with Gasteiger partial charge in [-0.2, -0.15) is 0 Å². The van der Waals surface area contributed by atoms with E-state index in [0.29, 0.717) is 8.95 Å². The zero-order valence-corrected chi connectivity index (χ0v) is 12.7. The Morgan fingerprint density at radius 2 is 1.84 bits per heavy atom. The van der Waals surface area contributed by atoms with Crippen LogP contribution in [0.25, 0.3) is 0 Å². The van der Waals surface area contributed by atoms with E-state index in [0.717, 1.165) is 0 Å². The maximum atomic E-state index is 13.2. The van der Waals surface area contributed by atoms with E-state index in [2.05, 4.69) is 31.9 Å². The van der Waals surface area contributed by atoms with Crippen LogP contribution in [0.3, 0.4) is 0 Å². The van der Waals surface area contributed by atoms with Gasteiger partial charge in [0.15, 0.2) is 0 Å². The molecule has 6 heteroatoms. The molecular formula is C13H8Br2FNO2. The molecule has 0 bridgehead atoms. The van der Waals surface area contributed by atoms with Crippen LogP contribution in [0.1, 0.15) is 10.4 Å². The highest BCUT2D eigenvalue weighted by atomic mass is 79.9. The van der Waals surface area contributed by atoms with Gasteiger partial charge < -0.3 is 10.5 Å². The third kappa shape index (κ3) is 3.33. The van der Waals surface area contributed by atoms with Crippen LogP contribution in [0.2, 0.25) is 0 Å². The van der Waals surface area contributed by atoms with E-state index in [1.165, 1.54) is 18.2 Å². The number of carbonyl (C=O) groups excluding carboxylic acids is 1. The summed E-state index contributed by atoms with van der Waals surface area (Å²) in [5, 5.41) is 0. The Hall–Kier alpha value is -1.40. The second-order valence-electron chi connectivity index (χ2n) is 3.68. The lowest BCUT2D eigenvalue weighted by Crippen LogP contribution is -2.12. The van der Waals surface area contributed by atoms with Crippen molar-refractivity contribution in [3.63, 3.8) is 0 Å². The van der Waals surface area contributed by atoms with Crippen molar-refractivity contribution in [1.29, 1.82) is 0 Å². The van der Waals surface area contributed by atoms with Crippen molar-refractivity contribution in [3.05, 3.63) is 56.7 Å². The molecule has 0 aliphatic carbocycles. The number of primary amides is 1. The van der Waals surface area contributed by atoms with Crippen LogP contribution < -0.4 is 10.5 Å². The smallest absolute Gasteiger partial charge is 0.252 e. The number of amides is 1. The maximum absolute atomic E-state index is 13.2. The molecule has 0 unspecified atom stereocenters. The van der Waals surface area contributed by atoms with Crippen molar-refractivity contribution in [2.24, 2.45) is 5.73 Å². The van der Waals surface area contributed by atoms with E-state index < -0.39 is 11.7 Å². The largest absolute Gasteiger partial charge is 0.455 e. The van der Waals surface area contributed by atoms with Crippen molar-refractivity contribution in [2.75, 3.05) is 0 Å². The van der Waals surface area contributed by atoms with Crippen molar-refractivity contribution in [2.45, 2.75) is 0 Å². The second-order valence-corrected chi connectivity index (χ2v) is 5.45. The van der Waals surface area contributed by atoms with Crippen molar-refractivity contribution < 1.29 is 13.9 Å². The van der Waals surface area contributed by atoms with Gasteiger partial charge in [0.25, 0.3) is 5.91 Å². The monoisotopic (exact) mass is 387 g/mol. The minimum atomic E-state index is -0.621. The molecule has 2 rings (SSSR count). The Bertz CT molecular complexity index is 647. The molecule has 0 saturated heterocycles. The molecule has 2 N–H and O–H groups in total. The number of benzene rings is 2. The Morgan fingerprint density at radius 3 is 2.53 bits per heavy atom. The Labute approximate surface area is 125 Å². The van der Waals surface area contributed by atoms with Gasteiger partial charge in [0, 0.05) is 10.5 Å². The van der Waals surface area contributed by atoms with E-state index in [-0.39, 0.29) is 17.1 Å². The number of carbonyl (C=O) groups is 1. The highest BCUT2D eigenvalue weighted by molar-refractivity contribution is 9.10. The molecule has 0 aromatic heterocycles. The summed E-state index contributed by atoms with van der Waals surface area (Å²) in [6, 6.07) is 8.87. The molecule has 0 spiro atoms. The van der Waals surface area contributed by atoms with Gasteiger partial charge in [0.1, 0.15) is 17.3 Å². The fourth-order valence-corrected chi connectivity index (χ4v) is 2.15. The first kappa shape index (κ1) is 14.0. The van der Waals surface area contributed by atoms with Crippen LogP contribution >= 0.6 is 31.9 Å². The molecule has 0 aliphatic heterocycles. The summed E-state index contributed by atoms with van der Waals surface area (Å²) in [5.41, 5.74) is 5.49.